The van der Waals surface area contributed by atoms with Crippen molar-refractivity contribution in [2.24, 2.45) is 0 Å². The Labute approximate surface area is 142 Å². The molecule has 2 aliphatic rings. The van der Waals surface area contributed by atoms with E-state index in [0.717, 1.165) is 44.5 Å². The molecule has 1 atom stereocenters. The van der Waals surface area contributed by atoms with E-state index in [4.69, 9.17) is 9.84 Å². The predicted molar refractivity (Wildman–Crippen MR) is 88.5 cm³/mol. The molecule has 0 aromatic heterocycles. The first-order valence-corrected chi connectivity index (χ1v) is 8.63. The van der Waals surface area contributed by atoms with Gasteiger partial charge < -0.3 is 19.6 Å². The van der Waals surface area contributed by atoms with E-state index in [-0.39, 0.29) is 18.3 Å². The third-order valence-corrected chi connectivity index (χ3v) is 5.04. The third-order valence-electron chi connectivity index (χ3n) is 5.04. The van der Waals surface area contributed by atoms with Crippen molar-refractivity contribution in [3.63, 3.8) is 0 Å². The van der Waals surface area contributed by atoms with Crippen LogP contribution in [0, 0.1) is 5.82 Å². The van der Waals surface area contributed by atoms with Crippen LogP contribution in [-0.2, 0) is 11.2 Å². The molecular formula is C18H25FN2O3. The van der Waals surface area contributed by atoms with Gasteiger partial charge in [-0.25, -0.2) is 4.39 Å². The second kappa shape index (κ2) is 7.49. The number of likely N-dealkylation sites (tertiary alicyclic amines) is 1. The second-order valence-electron chi connectivity index (χ2n) is 6.68. The van der Waals surface area contributed by atoms with E-state index in [1.807, 2.05) is 4.90 Å². The predicted octanol–water partition coefficient (Wildman–Crippen LogP) is 1.43. The van der Waals surface area contributed by atoms with Crippen LogP contribution in [0.25, 0.3) is 0 Å². The molecule has 0 aliphatic carbocycles. The van der Waals surface area contributed by atoms with Crippen LogP contribution in [0.3, 0.4) is 0 Å². The Kier molecular flexibility index (Phi) is 5.36. The van der Waals surface area contributed by atoms with Gasteiger partial charge in [-0.1, -0.05) is 0 Å². The first-order valence-electron chi connectivity index (χ1n) is 8.63. The molecule has 5 nitrogen and oxygen atoms in total. The van der Waals surface area contributed by atoms with Gasteiger partial charge in [0.05, 0.1) is 0 Å². The van der Waals surface area contributed by atoms with Crippen molar-refractivity contribution in [2.75, 3.05) is 33.3 Å². The van der Waals surface area contributed by atoms with Crippen LogP contribution in [0.1, 0.15) is 24.8 Å². The summed E-state index contributed by atoms with van der Waals surface area (Å²) in [5.41, 5.74) is 0.770. The number of aliphatic hydroxyl groups excluding tert-OH is 1. The summed E-state index contributed by atoms with van der Waals surface area (Å²) < 4.78 is 19.0. The van der Waals surface area contributed by atoms with Crippen molar-refractivity contribution in [3.05, 3.63) is 29.6 Å². The summed E-state index contributed by atoms with van der Waals surface area (Å²) in [5, 5.41) is 8.92. The molecule has 0 bridgehead atoms. The van der Waals surface area contributed by atoms with Crippen LogP contribution >= 0.6 is 0 Å². The molecule has 1 unspecified atom stereocenters. The Morgan fingerprint density at radius 3 is 2.88 bits per heavy atom. The Morgan fingerprint density at radius 1 is 1.42 bits per heavy atom. The molecule has 24 heavy (non-hydrogen) atoms. The number of hydrogen-bond donors (Lipinski definition) is 1. The number of piperidine rings is 1. The molecular weight excluding hydrogens is 311 g/mol. The lowest BCUT2D eigenvalue weighted by Crippen LogP contribution is -2.49. The second-order valence-corrected chi connectivity index (χ2v) is 6.68. The molecule has 2 heterocycles. The Balaban J connectivity index is 1.51. The number of fused-ring (bicyclic) bond motifs is 1. The van der Waals surface area contributed by atoms with E-state index in [1.165, 1.54) is 12.1 Å². The van der Waals surface area contributed by atoms with Crippen LogP contribution in [0.2, 0.25) is 0 Å². The van der Waals surface area contributed by atoms with Crippen molar-refractivity contribution in [1.29, 1.82) is 0 Å². The van der Waals surface area contributed by atoms with Gasteiger partial charge in [0, 0.05) is 44.3 Å². The number of hydrogen-bond acceptors (Lipinski definition) is 4. The van der Waals surface area contributed by atoms with Gasteiger partial charge in [-0.15, -0.1) is 0 Å². The van der Waals surface area contributed by atoms with Crippen LogP contribution in [0.5, 0.6) is 5.75 Å². The van der Waals surface area contributed by atoms with Gasteiger partial charge in [0.2, 0.25) is 0 Å². The first-order chi connectivity index (χ1) is 11.6. The fourth-order valence-electron chi connectivity index (χ4n) is 3.59. The minimum Gasteiger partial charge on any atom is -0.480 e. The molecule has 1 aromatic rings. The van der Waals surface area contributed by atoms with Crippen LogP contribution in [0.4, 0.5) is 4.39 Å². The highest BCUT2D eigenvalue weighted by Crippen LogP contribution is 2.30. The molecule has 1 N–H and O–H groups in total. The lowest BCUT2D eigenvalue weighted by atomic mass is 10.0. The molecule has 0 radical (unpaired) electrons. The maximum Gasteiger partial charge on any atom is 0.263 e. The zero-order chi connectivity index (χ0) is 17.1. The van der Waals surface area contributed by atoms with Crippen molar-refractivity contribution in [3.8, 4) is 5.75 Å². The number of nitrogens with zero attached hydrogens (tertiary/aromatic N) is 2. The quantitative estimate of drug-likeness (QED) is 0.884. The molecule has 0 saturated carbocycles. The Morgan fingerprint density at radius 2 is 2.17 bits per heavy atom. The molecule has 3 rings (SSSR count). The summed E-state index contributed by atoms with van der Waals surface area (Å²) in [6.07, 6.45) is 2.57. The van der Waals surface area contributed by atoms with E-state index in [0.29, 0.717) is 18.2 Å². The topological polar surface area (TPSA) is 53.0 Å². The van der Waals surface area contributed by atoms with Gasteiger partial charge >= 0.3 is 0 Å². The molecule has 132 valence electrons. The number of carbonyl (C=O) groups excluding carboxylic acids is 1. The monoisotopic (exact) mass is 336 g/mol. The smallest absolute Gasteiger partial charge is 0.263 e. The summed E-state index contributed by atoms with van der Waals surface area (Å²) in [6, 6.07) is 4.86. The fraction of sp³-hybridized carbons (Fsp3) is 0.611. The summed E-state index contributed by atoms with van der Waals surface area (Å²) >= 11 is 0. The molecule has 1 fully saturated rings. The summed E-state index contributed by atoms with van der Waals surface area (Å²) in [5.74, 6) is 0.327. The van der Waals surface area contributed by atoms with Gasteiger partial charge in [0.25, 0.3) is 5.91 Å². The minimum absolute atomic E-state index is 0.00284. The highest BCUT2D eigenvalue weighted by Gasteiger charge is 2.34. The highest BCUT2D eigenvalue weighted by molar-refractivity contribution is 5.82. The van der Waals surface area contributed by atoms with Gasteiger partial charge in [-0.3, -0.25) is 4.79 Å². The van der Waals surface area contributed by atoms with E-state index in [1.54, 1.807) is 6.07 Å². The number of benzene rings is 1. The van der Waals surface area contributed by atoms with Gasteiger partial charge in [-0.2, -0.15) is 0 Å². The van der Waals surface area contributed by atoms with Gasteiger partial charge in [0.1, 0.15) is 11.6 Å². The molecule has 1 aromatic carbocycles. The Bertz CT molecular complexity index is 588. The van der Waals surface area contributed by atoms with E-state index < -0.39 is 6.10 Å². The average molecular weight is 336 g/mol. The van der Waals surface area contributed by atoms with Crippen LogP contribution in [0.15, 0.2) is 18.2 Å². The van der Waals surface area contributed by atoms with E-state index in [2.05, 4.69) is 11.9 Å². The first kappa shape index (κ1) is 17.2. The number of rotatable bonds is 5. The maximum atomic E-state index is 13.3. The third kappa shape index (κ3) is 3.70. The normalized spacial score (nSPS) is 21.0. The molecule has 0 spiro atoms. The average Bonchev–Trinajstić information content (AvgIpc) is 3.02. The summed E-state index contributed by atoms with van der Waals surface area (Å²) in [6.45, 7) is 2.53. The highest BCUT2D eigenvalue weighted by atomic mass is 19.1. The minimum atomic E-state index is -0.523. The van der Waals surface area contributed by atoms with Gasteiger partial charge in [0.15, 0.2) is 6.10 Å². The van der Waals surface area contributed by atoms with Crippen molar-refractivity contribution < 1.29 is 19.0 Å². The van der Waals surface area contributed by atoms with Crippen molar-refractivity contribution in [2.45, 2.75) is 37.8 Å². The number of ether oxygens (including phenoxy) is 1. The standard InChI is InChI=1S/C18H25FN2O3/c1-20(7-2-10-22)15-5-8-21(9-6-15)18(23)17-12-13-11-14(19)3-4-16(13)24-17/h3-4,11,15,17,22H,2,5-10,12H2,1H3. The SMILES string of the molecule is CN(CCCO)C1CCN(C(=O)C2Cc3cc(F)ccc3O2)CC1. The summed E-state index contributed by atoms with van der Waals surface area (Å²) in [4.78, 5) is 16.8. The van der Waals surface area contributed by atoms with Crippen LogP contribution < -0.4 is 4.74 Å². The lowest BCUT2D eigenvalue weighted by molar-refractivity contribution is -0.139. The number of aliphatic hydroxyl groups is 1. The number of halogens is 1. The lowest BCUT2D eigenvalue weighted by Gasteiger charge is -2.37. The number of amides is 1. The summed E-state index contributed by atoms with van der Waals surface area (Å²) in [7, 11) is 2.07. The van der Waals surface area contributed by atoms with E-state index >= 15 is 0 Å². The molecule has 2 aliphatic heterocycles. The van der Waals surface area contributed by atoms with E-state index in [9.17, 15) is 9.18 Å². The zero-order valence-corrected chi connectivity index (χ0v) is 14.1. The molecule has 1 saturated heterocycles. The number of carbonyl (C=O) groups is 1. The van der Waals surface area contributed by atoms with Gasteiger partial charge in [-0.05, 0) is 44.5 Å². The van der Waals surface area contributed by atoms with Crippen molar-refractivity contribution in [1.82, 2.24) is 9.80 Å². The zero-order valence-electron chi connectivity index (χ0n) is 14.1. The molecule has 6 heteroatoms. The fourth-order valence-corrected chi connectivity index (χ4v) is 3.59. The largest absolute Gasteiger partial charge is 0.480 e. The molecule has 1 amide bonds. The Hall–Kier alpha value is -1.66. The maximum absolute atomic E-state index is 13.3. The van der Waals surface area contributed by atoms with Crippen molar-refractivity contribution >= 4 is 5.91 Å². The van der Waals surface area contributed by atoms with Crippen LogP contribution in [-0.4, -0.2) is 66.2 Å².